The summed E-state index contributed by atoms with van der Waals surface area (Å²) in [6.45, 7) is 7.64. The number of carbonyl (C=O) groups excluding carboxylic acids is 1. The van der Waals surface area contributed by atoms with Crippen molar-refractivity contribution in [1.82, 2.24) is 4.57 Å². The Balaban J connectivity index is 2.00. The number of esters is 1. The summed E-state index contributed by atoms with van der Waals surface area (Å²) in [5.74, 6) is -0.664. The molecule has 2 heterocycles. The third-order valence-corrected chi connectivity index (χ3v) is 7.18. The normalized spacial score (nSPS) is 14.7. The van der Waals surface area contributed by atoms with Crippen molar-refractivity contribution in [2.45, 2.75) is 33.7 Å². The molecule has 0 fully saturated rings. The number of thiazole rings is 1. The second-order valence-corrected chi connectivity index (χ2v) is 9.80. The minimum Gasteiger partial charge on any atom is -0.502 e. The topological polar surface area (TPSA) is 186 Å². The average Bonchev–Trinajstić information content (AvgIpc) is 3.24. The first-order valence-corrected chi connectivity index (χ1v) is 13.6. The van der Waals surface area contributed by atoms with E-state index in [0.29, 0.717) is 42.0 Å². The monoisotopic (exact) mass is 598 g/mol. The van der Waals surface area contributed by atoms with Crippen molar-refractivity contribution < 1.29 is 34.0 Å². The van der Waals surface area contributed by atoms with Crippen molar-refractivity contribution in [3.05, 3.63) is 92.6 Å². The molecule has 1 aliphatic rings. The van der Waals surface area contributed by atoms with E-state index in [2.05, 4.69) is 4.99 Å². The van der Waals surface area contributed by atoms with Crippen molar-refractivity contribution in [2.24, 2.45) is 4.99 Å². The molecular formula is C27H26N4O10S. The van der Waals surface area contributed by atoms with Crippen LogP contribution < -0.4 is 24.4 Å². The van der Waals surface area contributed by atoms with Gasteiger partial charge in [-0.1, -0.05) is 17.4 Å². The largest absolute Gasteiger partial charge is 0.502 e. The molecule has 1 aliphatic heterocycles. The Bertz CT molecular complexity index is 1810. The molecule has 14 nitrogen and oxygen atoms in total. The lowest BCUT2D eigenvalue weighted by atomic mass is 9.95. The lowest BCUT2D eigenvalue weighted by Crippen LogP contribution is -2.40. The van der Waals surface area contributed by atoms with Crippen molar-refractivity contribution in [1.29, 1.82) is 0 Å². The summed E-state index contributed by atoms with van der Waals surface area (Å²) in [6.07, 6.45) is 1.11. The second kappa shape index (κ2) is 12.2. The Morgan fingerprint density at radius 1 is 1.07 bits per heavy atom. The smallest absolute Gasteiger partial charge is 0.338 e. The van der Waals surface area contributed by atoms with Gasteiger partial charge in [-0.15, -0.1) is 0 Å². The Morgan fingerprint density at radius 3 is 2.38 bits per heavy atom. The third kappa shape index (κ3) is 5.58. The van der Waals surface area contributed by atoms with Gasteiger partial charge in [-0.3, -0.25) is 29.6 Å². The fraction of sp³-hybridized carbons (Fsp3) is 0.296. The van der Waals surface area contributed by atoms with Crippen molar-refractivity contribution in [3.63, 3.8) is 0 Å². The van der Waals surface area contributed by atoms with E-state index in [1.807, 2.05) is 6.92 Å². The lowest BCUT2D eigenvalue weighted by Gasteiger charge is -2.25. The van der Waals surface area contributed by atoms with Gasteiger partial charge in [-0.25, -0.2) is 9.79 Å². The maximum atomic E-state index is 13.9. The number of fused-ring (bicyclic) bond motifs is 1. The van der Waals surface area contributed by atoms with Gasteiger partial charge < -0.3 is 19.3 Å². The molecule has 0 amide bonds. The first-order chi connectivity index (χ1) is 20.0. The molecule has 42 heavy (non-hydrogen) atoms. The highest BCUT2D eigenvalue weighted by atomic mass is 32.1. The first-order valence-electron chi connectivity index (χ1n) is 12.8. The highest BCUT2D eigenvalue weighted by Gasteiger charge is 2.34. The summed E-state index contributed by atoms with van der Waals surface area (Å²) < 4.78 is 17.9. The van der Waals surface area contributed by atoms with Crippen LogP contribution in [0, 0.1) is 20.2 Å². The fourth-order valence-corrected chi connectivity index (χ4v) is 5.50. The van der Waals surface area contributed by atoms with E-state index in [4.69, 9.17) is 14.2 Å². The molecule has 4 rings (SSSR count). The van der Waals surface area contributed by atoms with E-state index in [1.165, 1.54) is 4.57 Å². The molecule has 220 valence electrons. The second-order valence-electron chi connectivity index (χ2n) is 8.79. The molecule has 0 bridgehead atoms. The van der Waals surface area contributed by atoms with Crippen molar-refractivity contribution in [3.8, 4) is 17.2 Å². The number of hydrogen-bond donors (Lipinski definition) is 1. The number of nitro groups is 2. The van der Waals surface area contributed by atoms with Gasteiger partial charge in [0.05, 0.1) is 57.6 Å². The molecule has 0 unspecified atom stereocenters. The number of allylic oxidation sites excluding steroid dienone is 1. The molecule has 3 aromatic rings. The summed E-state index contributed by atoms with van der Waals surface area (Å²) in [5.41, 5.74) is -1.60. The molecule has 0 radical (unpaired) electrons. The van der Waals surface area contributed by atoms with Crippen LogP contribution >= 0.6 is 11.3 Å². The van der Waals surface area contributed by atoms with Gasteiger partial charge in [-0.05, 0) is 51.5 Å². The van der Waals surface area contributed by atoms with E-state index >= 15 is 0 Å². The van der Waals surface area contributed by atoms with Gasteiger partial charge in [-0.2, -0.15) is 0 Å². The van der Waals surface area contributed by atoms with Crippen LogP contribution in [-0.4, -0.2) is 45.3 Å². The van der Waals surface area contributed by atoms with Gasteiger partial charge in [0.25, 0.3) is 11.2 Å². The zero-order chi connectivity index (χ0) is 30.7. The van der Waals surface area contributed by atoms with Crippen LogP contribution in [0.5, 0.6) is 17.2 Å². The maximum absolute atomic E-state index is 13.9. The van der Waals surface area contributed by atoms with Gasteiger partial charge in [0.15, 0.2) is 16.3 Å². The number of carbonyl (C=O) groups is 1. The van der Waals surface area contributed by atoms with E-state index in [9.17, 15) is 34.9 Å². The van der Waals surface area contributed by atoms with Crippen LogP contribution in [0.2, 0.25) is 0 Å². The van der Waals surface area contributed by atoms with Crippen LogP contribution in [0.3, 0.4) is 0 Å². The molecule has 2 aromatic carbocycles. The molecule has 1 atom stereocenters. The number of phenols is 1. The SMILES string of the molecule is CCOC(=O)C1=C(C)N=c2s/c(=C\c3cc([N+](=O)[O-])cc([N+](=O)[O-])c3O)c(=O)n2[C@@H]1c1ccc(OCC)c(OCC)c1. The zero-order valence-corrected chi connectivity index (χ0v) is 23.8. The molecule has 0 aliphatic carbocycles. The van der Waals surface area contributed by atoms with Gasteiger partial charge in [0.1, 0.15) is 0 Å². The van der Waals surface area contributed by atoms with Gasteiger partial charge in [0.2, 0.25) is 5.75 Å². The minimum absolute atomic E-state index is 0.0438. The minimum atomic E-state index is -1.01. The maximum Gasteiger partial charge on any atom is 0.338 e. The lowest BCUT2D eigenvalue weighted by molar-refractivity contribution is -0.394. The number of phenolic OH excluding ortho intramolecular Hbond substituents is 1. The summed E-state index contributed by atoms with van der Waals surface area (Å²) in [7, 11) is 0. The van der Waals surface area contributed by atoms with Crippen molar-refractivity contribution >= 4 is 34.8 Å². The Kier molecular flexibility index (Phi) is 8.70. The van der Waals surface area contributed by atoms with Crippen LogP contribution in [0.1, 0.15) is 44.9 Å². The van der Waals surface area contributed by atoms with E-state index < -0.39 is 44.5 Å². The molecule has 15 heteroatoms. The summed E-state index contributed by atoms with van der Waals surface area (Å²) in [5, 5.41) is 33.3. The standard InChI is InChI=1S/C27H26N4O10S/c1-5-39-19-9-8-15(11-20(19)40-6-2)23-22(26(34)41-7-3)14(4)28-27-29(23)25(33)21(42-27)12-16-10-17(30(35)36)13-18(24(16)32)31(37)38/h8-13,23,32H,5-7H2,1-4H3/b21-12-/t23-/m1/s1. The Hall–Kier alpha value is -5.05. The van der Waals surface area contributed by atoms with Crippen molar-refractivity contribution in [2.75, 3.05) is 19.8 Å². The number of benzene rings is 2. The van der Waals surface area contributed by atoms with Crippen LogP contribution in [0.4, 0.5) is 11.4 Å². The third-order valence-electron chi connectivity index (χ3n) is 6.20. The molecule has 0 saturated carbocycles. The predicted molar refractivity (Wildman–Crippen MR) is 151 cm³/mol. The van der Waals surface area contributed by atoms with Gasteiger partial charge >= 0.3 is 11.7 Å². The van der Waals surface area contributed by atoms with Crippen LogP contribution in [-0.2, 0) is 9.53 Å². The number of aromatic nitrogens is 1. The highest BCUT2D eigenvalue weighted by Crippen LogP contribution is 2.37. The number of nitrogens with zero attached hydrogens (tertiary/aromatic N) is 4. The number of aromatic hydroxyl groups is 1. The average molecular weight is 599 g/mol. The Labute approximate surface area is 241 Å². The Morgan fingerprint density at radius 2 is 1.76 bits per heavy atom. The highest BCUT2D eigenvalue weighted by molar-refractivity contribution is 7.07. The molecule has 0 spiro atoms. The summed E-state index contributed by atoms with van der Waals surface area (Å²) >= 11 is 0.884. The molecule has 1 N–H and O–H groups in total. The summed E-state index contributed by atoms with van der Waals surface area (Å²) in [4.78, 5) is 52.7. The summed E-state index contributed by atoms with van der Waals surface area (Å²) in [6, 6.07) is 5.55. The van der Waals surface area contributed by atoms with E-state index in [-0.39, 0.29) is 27.1 Å². The molecule has 1 aromatic heterocycles. The number of non-ortho nitro benzene ring substituents is 1. The number of ether oxygens (including phenoxy) is 3. The first kappa shape index (κ1) is 29.9. The predicted octanol–water partition coefficient (Wildman–Crippen LogP) is 3.12. The van der Waals surface area contributed by atoms with Gasteiger partial charge in [0, 0.05) is 11.6 Å². The molecule has 0 saturated heterocycles. The number of rotatable bonds is 10. The number of nitro benzene ring substituents is 2. The van der Waals surface area contributed by atoms with E-state index in [0.717, 1.165) is 23.5 Å². The zero-order valence-electron chi connectivity index (χ0n) is 23.0. The van der Waals surface area contributed by atoms with Crippen LogP contribution in [0.15, 0.2) is 51.4 Å². The van der Waals surface area contributed by atoms with E-state index in [1.54, 1.807) is 39.0 Å². The number of hydrogen-bond acceptors (Lipinski definition) is 12. The van der Waals surface area contributed by atoms with Crippen LogP contribution in [0.25, 0.3) is 6.08 Å². The quantitative estimate of drug-likeness (QED) is 0.206. The molecular weight excluding hydrogens is 572 g/mol. The fourth-order valence-electron chi connectivity index (χ4n) is 4.47.